The Labute approximate surface area is 77.9 Å². The Hall–Kier alpha value is -0.810. The second kappa shape index (κ2) is 5.04. The maximum absolute atomic E-state index is 11.4. The van der Waals surface area contributed by atoms with Crippen LogP contribution in [0.3, 0.4) is 0 Å². The molecule has 13 heavy (non-hydrogen) atoms. The summed E-state index contributed by atoms with van der Waals surface area (Å²) in [5.41, 5.74) is 2.30. The third kappa shape index (κ3) is 2.86. The summed E-state index contributed by atoms with van der Waals surface area (Å²) in [6, 6.07) is 0.0122. The van der Waals surface area contributed by atoms with Crippen molar-refractivity contribution in [3.8, 4) is 0 Å². The first-order chi connectivity index (χ1) is 6.25. The van der Waals surface area contributed by atoms with Crippen LogP contribution < -0.4 is 5.48 Å². The maximum Gasteiger partial charge on any atom is 0.341 e. The number of hydrogen-bond donors (Lipinski definition) is 1. The largest absolute Gasteiger partial charge is 0.380 e. The van der Waals surface area contributed by atoms with Crippen molar-refractivity contribution in [2.24, 2.45) is 0 Å². The Balaban J connectivity index is 2.48. The van der Waals surface area contributed by atoms with E-state index in [4.69, 9.17) is 4.74 Å². The topological polar surface area (TPSA) is 50.8 Å². The number of nitrogens with zero attached hydrogens (tertiary/aromatic N) is 1. The molecule has 1 unspecified atom stereocenters. The molecule has 1 saturated heterocycles. The number of rotatable bonds is 1. The average molecular weight is 188 g/mol. The van der Waals surface area contributed by atoms with Crippen molar-refractivity contribution < 1.29 is 14.4 Å². The molecule has 0 saturated carbocycles. The van der Waals surface area contributed by atoms with E-state index in [-0.39, 0.29) is 12.1 Å². The molecule has 1 aliphatic rings. The zero-order valence-electron chi connectivity index (χ0n) is 8.08. The lowest BCUT2D eigenvalue weighted by Gasteiger charge is -2.25. The molecule has 76 valence electrons. The number of amides is 2. The third-order valence-corrected chi connectivity index (χ3v) is 2.14. The van der Waals surface area contributed by atoms with Gasteiger partial charge in [0.05, 0.1) is 13.7 Å². The van der Waals surface area contributed by atoms with Gasteiger partial charge < -0.3 is 9.64 Å². The highest BCUT2D eigenvalue weighted by atomic mass is 16.6. The van der Waals surface area contributed by atoms with Crippen molar-refractivity contribution >= 4 is 6.03 Å². The molecule has 1 N–H and O–H groups in total. The number of hydroxylamine groups is 1. The van der Waals surface area contributed by atoms with Crippen LogP contribution in [0.4, 0.5) is 4.79 Å². The van der Waals surface area contributed by atoms with Crippen LogP contribution in [0.5, 0.6) is 0 Å². The summed E-state index contributed by atoms with van der Waals surface area (Å²) in [4.78, 5) is 17.7. The van der Waals surface area contributed by atoms with Crippen LogP contribution in [-0.4, -0.2) is 43.8 Å². The Kier molecular flexibility index (Phi) is 3.98. The van der Waals surface area contributed by atoms with E-state index in [2.05, 4.69) is 10.3 Å². The number of ether oxygens (including phenoxy) is 1. The van der Waals surface area contributed by atoms with Crippen LogP contribution in [0, 0.1) is 0 Å². The minimum absolute atomic E-state index is 0.194. The van der Waals surface area contributed by atoms with Crippen molar-refractivity contribution in [2.45, 2.75) is 19.4 Å². The van der Waals surface area contributed by atoms with Gasteiger partial charge in [0, 0.05) is 19.2 Å². The molecule has 1 atom stereocenters. The number of hydrogen-bond acceptors (Lipinski definition) is 3. The Bertz CT molecular complexity index is 175. The maximum atomic E-state index is 11.4. The molecule has 0 aromatic rings. The zero-order valence-corrected chi connectivity index (χ0v) is 8.08. The normalized spacial score (nSPS) is 23.8. The monoisotopic (exact) mass is 188 g/mol. The van der Waals surface area contributed by atoms with Crippen LogP contribution in [-0.2, 0) is 9.57 Å². The van der Waals surface area contributed by atoms with Gasteiger partial charge >= 0.3 is 6.03 Å². The summed E-state index contributed by atoms with van der Waals surface area (Å²) in [6.07, 6.45) is 0.872. The summed E-state index contributed by atoms with van der Waals surface area (Å²) < 4.78 is 5.26. The van der Waals surface area contributed by atoms with Crippen LogP contribution in [0.2, 0.25) is 0 Å². The molecule has 0 aromatic carbocycles. The lowest BCUT2D eigenvalue weighted by atomic mass is 10.2. The molecule has 5 nitrogen and oxygen atoms in total. The van der Waals surface area contributed by atoms with Gasteiger partial charge in [0.2, 0.25) is 0 Å². The fourth-order valence-electron chi connectivity index (χ4n) is 1.34. The first kappa shape index (κ1) is 10.3. The van der Waals surface area contributed by atoms with Gasteiger partial charge in [0.25, 0.3) is 0 Å². The van der Waals surface area contributed by atoms with Crippen LogP contribution in [0.15, 0.2) is 0 Å². The van der Waals surface area contributed by atoms with Crippen LogP contribution in [0.1, 0.15) is 13.3 Å². The van der Waals surface area contributed by atoms with E-state index in [1.54, 1.807) is 4.90 Å². The molecular formula is C8H16N2O3. The number of carbonyl (C=O) groups excluding carboxylic acids is 1. The van der Waals surface area contributed by atoms with Gasteiger partial charge in [-0.1, -0.05) is 0 Å². The highest BCUT2D eigenvalue weighted by Gasteiger charge is 2.21. The standard InChI is InChI=1S/C8H16N2O3/c1-7-3-5-13-6-4-10(7)8(11)9-12-2/h7H,3-6H2,1-2H3,(H,9,11). The summed E-state index contributed by atoms with van der Waals surface area (Å²) >= 11 is 0. The zero-order chi connectivity index (χ0) is 9.68. The fraction of sp³-hybridized carbons (Fsp3) is 0.875. The molecule has 1 heterocycles. The van der Waals surface area contributed by atoms with E-state index in [1.165, 1.54) is 7.11 Å². The highest BCUT2D eigenvalue weighted by molar-refractivity contribution is 5.73. The molecular weight excluding hydrogens is 172 g/mol. The van der Waals surface area contributed by atoms with Gasteiger partial charge in [0.1, 0.15) is 0 Å². The van der Waals surface area contributed by atoms with Gasteiger partial charge in [-0.2, -0.15) is 0 Å². The molecule has 0 radical (unpaired) electrons. The second-order valence-electron chi connectivity index (χ2n) is 3.05. The molecule has 0 aromatic heterocycles. The smallest absolute Gasteiger partial charge is 0.341 e. The average Bonchev–Trinajstić information content (AvgIpc) is 2.30. The van der Waals surface area contributed by atoms with Crippen molar-refractivity contribution in [3.05, 3.63) is 0 Å². The quantitative estimate of drug-likeness (QED) is 0.605. The van der Waals surface area contributed by atoms with Crippen molar-refractivity contribution in [3.63, 3.8) is 0 Å². The highest BCUT2D eigenvalue weighted by Crippen LogP contribution is 2.08. The molecule has 5 heteroatoms. The van der Waals surface area contributed by atoms with E-state index >= 15 is 0 Å². The second-order valence-corrected chi connectivity index (χ2v) is 3.05. The number of urea groups is 1. The lowest BCUT2D eigenvalue weighted by Crippen LogP contribution is -2.45. The van der Waals surface area contributed by atoms with Crippen molar-refractivity contribution in [1.82, 2.24) is 10.4 Å². The summed E-state index contributed by atoms with van der Waals surface area (Å²) in [5.74, 6) is 0. The summed E-state index contributed by atoms with van der Waals surface area (Å²) in [6.45, 7) is 3.94. The van der Waals surface area contributed by atoms with E-state index in [0.717, 1.165) is 13.0 Å². The predicted octanol–water partition coefficient (Wildman–Crippen LogP) is 0.368. The summed E-state index contributed by atoms with van der Waals surface area (Å²) in [5, 5.41) is 0. The van der Waals surface area contributed by atoms with E-state index in [0.29, 0.717) is 13.2 Å². The Morgan fingerprint density at radius 1 is 1.62 bits per heavy atom. The predicted molar refractivity (Wildman–Crippen MR) is 47.1 cm³/mol. The van der Waals surface area contributed by atoms with Gasteiger partial charge in [0.15, 0.2) is 0 Å². The minimum Gasteiger partial charge on any atom is -0.380 e. The molecule has 0 bridgehead atoms. The van der Waals surface area contributed by atoms with Crippen LogP contribution >= 0.6 is 0 Å². The number of carbonyl (C=O) groups is 1. The van der Waals surface area contributed by atoms with Gasteiger partial charge in [-0.3, -0.25) is 4.84 Å². The van der Waals surface area contributed by atoms with Crippen molar-refractivity contribution in [1.29, 1.82) is 0 Å². The first-order valence-corrected chi connectivity index (χ1v) is 4.43. The molecule has 2 amide bonds. The first-order valence-electron chi connectivity index (χ1n) is 4.43. The third-order valence-electron chi connectivity index (χ3n) is 2.14. The molecule has 1 aliphatic heterocycles. The van der Waals surface area contributed by atoms with E-state index < -0.39 is 0 Å². The molecule has 1 rings (SSSR count). The summed E-state index contributed by atoms with van der Waals surface area (Å²) in [7, 11) is 1.43. The number of nitrogens with one attached hydrogen (secondary N) is 1. The molecule has 1 fully saturated rings. The molecule has 0 aliphatic carbocycles. The Morgan fingerprint density at radius 2 is 2.38 bits per heavy atom. The van der Waals surface area contributed by atoms with Gasteiger partial charge in [-0.15, -0.1) is 0 Å². The minimum atomic E-state index is -0.194. The van der Waals surface area contributed by atoms with E-state index in [9.17, 15) is 4.79 Å². The van der Waals surface area contributed by atoms with E-state index in [1.807, 2.05) is 6.92 Å². The Morgan fingerprint density at radius 3 is 3.08 bits per heavy atom. The van der Waals surface area contributed by atoms with Gasteiger partial charge in [-0.05, 0) is 13.3 Å². The SMILES string of the molecule is CONC(=O)N1CCOCCC1C. The lowest BCUT2D eigenvalue weighted by molar-refractivity contribution is 0.0787. The van der Waals surface area contributed by atoms with Crippen LogP contribution in [0.25, 0.3) is 0 Å². The fourth-order valence-corrected chi connectivity index (χ4v) is 1.34. The molecule has 0 spiro atoms. The van der Waals surface area contributed by atoms with Crippen molar-refractivity contribution in [2.75, 3.05) is 26.9 Å². The van der Waals surface area contributed by atoms with Gasteiger partial charge in [-0.25, -0.2) is 10.3 Å².